The number of hydrogen-bond acceptors (Lipinski definition) is 4. The van der Waals surface area contributed by atoms with Crippen LogP contribution in [0.1, 0.15) is 16.1 Å². The average Bonchev–Trinajstić information content (AvgIpc) is 2.70. The zero-order valence-corrected chi connectivity index (χ0v) is 15.3. The number of likely N-dealkylation sites (N-methyl/N-ethyl adjacent to an activating group) is 1. The lowest BCUT2D eigenvalue weighted by Gasteiger charge is -2.18. The van der Waals surface area contributed by atoms with Gasteiger partial charge in [-0.25, -0.2) is 0 Å². The molecule has 27 heavy (non-hydrogen) atoms. The molecule has 0 unspecified atom stereocenters. The van der Waals surface area contributed by atoms with Crippen molar-refractivity contribution in [1.29, 1.82) is 0 Å². The number of aromatic nitrogens is 2. The van der Waals surface area contributed by atoms with E-state index in [1.807, 2.05) is 49.4 Å². The van der Waals surface area contributed by atoms with Crippen LogP contribution in [0.25, 0.3) is 5.69 Å². The third kappa shape index (κ3) is 4.41. The number of para-hydroxylation sites is 2. The van der Waals surface area contributed by atoms with E-state index in [1.54, 1.807) is 19.2 Å². The zero-order chi connectivity index (χ0) is 19.2. The number of benzene rings is 2. The molecule has 6 heteroatoms. The summed E-state index contributed by atoms with van der Waals surface area (Å²) in [4.78, 5) is 26.3. The molecule has 0 atom stereocenters. The fourth-order valence-electron chi connectivity index (χ4n) is 2.59. The molecule has 2 aromatic carbocycles. The van der Waals surface area contributed by atoms with E-state index in [2.05, 4.69) is 5.10 Å². The van der Waals surface area contributed by atoms with Crippen LogP contribution in [-0.4, -0.2) is 40.8 Å². The maximum absolute atomic E-state index is 12.6. The number of carbonyl (C=O) groups excluding carboxylic acids is 1. The average molecular weight is 363 g/mol. The van der Waals surface area contributed by atoms with E-state index in [0.29, 0.717) is 18.8 Å². The summed E-state index contributed by atoms with van der Waals surface area (Å²) in [5.41, 5.74) is 1.57. The molecule has 0 aliphatic heterocycles. The standard InChI is InChI=1S/C21H21N3O3/c1-16-8-6-7-11-19(16)27-15-14-23(2)21(26)18-12-13-20(25)24(22-18)17-9-4-3-5-10-17/h3-13H,14-15H2,1-2H3. The van der Waals surface area contributed by atoms with E-state index in [9.17, 15) is 9.59 Å². The Morgan fingerprint density at radius 1 is 1.04 bits per heavy atom. The Bertz CT molecular complexity index is 983. The van der Waals surface area contributed by atoms with Crippen molar-refractivity contribution in [3.63, 3.8) is 0 Å². The zero-order valence-electron chi connectivity index (χ0n) is 15.3. The van der Waals surface area contributed by atoms with Crippen LogP contribution in [0.15, 0.2) is 71.5 Å². The highest BCUT2D eigenvalue weighted by Gasteiger charge is 2.15. The number of rotatable bonds is 6. The summed E-state index contributed by atoms with van der Waals surface area (Å²) in [5, 5.41) is 4.22. The van der Waals surface area contributed by atoms with Crippen LogP contribution in [-0.2, 0) is 0 Å². The number of nitrogens with zero attached hydrogens (tertiary/aromatic N) is 3. The summed E-state index contributed by atoms with van der Waals surface area (Å²) in [6.07, 6.45) is 0. The van der Waals surface area contributed by atoms with E-state index in [4.69, 9.17) is 4.74 Å². The van der Waals surface area contributed by atoms with Gasteiger partial charge in [0.25, 0.3) is 11.5 Å². The van der Waals surface area contributed by atoms with Crippen LogP contribution in [0.2, 0.25) is 0 Å². The molecule has 0 aliphatic carbocycles. The lowest BCUT2D eigenvalue weighted by molar-refractivity contribution is 0.0766. The summed E-state index contributed by atoms with van der Waals surface area (Å²) < 4.78 is 6.96. The minimum atomic E-state index is -0.289. The van der Waals surface area contributed by atoms with E-state index >= 15 is 0 Å². The number of carbonyl (C=O) groups is 1. The Kier molecular flexibility index (Phi) is 5.66. The van der Waals surface area contributed by atoms with Crippen LogP contribution < -0.4 is 10.3 Å². The van der Waals surface area contributed by atoms with Crippen molar-refractivity contribution in [2.45, 2.75) is 6.92 Å². The Balaban J connectivity index is 1.68. The number of ether oxygens (including phenoxy) is 1. The Morgan fingerprint density at radius 3 is 2.48 bits per heavy atom. The lowest BCUT2D eigenvalue weighted by atomic mass is 10.2. The van der Waals surface area contributed by atoms with Crippen molar-refractivity contribution in [2.24, 2.45) is 0 Å². The van der Waals surface area contributed by atoms with Crippen molar-refractivity contribution in [3.05, 3.63) is 88.3 Å². The normalized spacial score (nSPS) is 10.4. The summed E-state index contributed by atoms with van der Waals surface area (Å²) in [6, 6.07) is 19.5. The summed E-state index contributed by atoms with van der Waals surface area (Å²) >= 11 is 0. The lowest BCUT2D eigenvalue weighted by Crippen LogP contribution is -2.33. The largest absolute Gasteiger partial charge is 0.491 e. The molecule has 0 bridgehead atoms. The van der Waals surface area contributed by atoms with Crippen LogP contribution in [0.4, 0.5) is 0 Å². The predicted octanol–water partition coefficient (Wildman–Crippen LogP) is 2.69. The van der Waals surface area contributed by atoms with Gasteiger partial charge in [-0.15, -0.1) is 0 Å². The summed E-state index contributed by atoms with van der Waals surface area (Å²) in [5.74, 6) is 0.530. The van der Waals surface area contributed by atoms with Crippen molar-refractivity contribution in [3.8, 4) is 11.4 Å². The number of hydrogen-bond donors (Lipinski definition) is 0. The Morgan fingerprint density at radius 2 is 1.74 bits per heavy atom. The van der Waals surface area contributed by atoms with Crippen LogP contribution in [0, 0.1) is 6.92 Å². The Labute approximate surface area is 157 Å². The van der Waals surface area contributed by atoms with Gasteiger partial charge in [0.1, 0.15) is 18.1 Å². The second kappa shape index (κ2) is 8.31. The minimum Gasteiger partial charge on any atom is -0.491 e. The second-order valence-corrected chi connectivity index (χ2v) is 6.14. The quantitative estimate of drug-likeness (QED) is 0.675. The first-order valence-electron chi connectivity index (χ1n) is 8.66. The van der Waals surface area contributed by atoms with Crippen LogP contribution in [0.5, 0.6) is 5.75 Å². The molecule has 0 fully saturated rings. The van der Waals surface area contributed by atoms with Crippen molar-refractivity contribution in [2.75, 3.05) is 20.2 Å². The van der Waals surface area contributed by atoms with Gasteiger partial charge < -0.3 is 9.64 Å². The smallest absolute Gasteiger partial charge is 0.274 e. The first-order chi connectivity index (χ1) is 13.1. The predicted molar refractivity (Wildman–Crippen MR) is 103 cm³/mol. The molecule has 3 rings (SSSR count). The number of aryl methyl sites for hydroxylation is 1. The van der Waals surface area contributed by atoms with Gasteiger partial charge in [0.2, 0.25) is 0 Å². The van der Waals surface area contributed by atoms with Gasteiger partial charge in [-0.3, -0.25) is 9.59 Å². The van der Waals surface area contributed by atoms with Gasteiger partial charge >= 0.3 is 0 Å². The van der Waals surface area contributed by atoms with Crippen LogP contribution in [0.3, 0.4) is 0 Å². The first kappa shape index (κ1) is 18.4. The highest BCUT2D eigenvalue weighted by atomic mass is 16.5. The van der Waals surface area contributed by atoms with Gasteiger partial charge in [0.05, 0.1) is 12.2 Å². The minimum absolute atomic E-state index is 0.205. The van der Waals surface area contributed by atoms with E-state index in [0.717, 1.165) is 11.3 Å². The molecule has 0 spiro atoms. The third-order valence-corrected chi connectivity index (χ3v) is 4.14. The Hall–Kier alpha value is -3.41. The molecule has 6 nitrogen and oxygen atoms in total. The van der Waals surface area contributed by atoms with Gasteiger partial charge in [0.15, 0.2) is 0 Å². The van der Waals surface area contributed by atoms with Crippen molar-refractivity contribution >= 4 is 5.91 Å². The maximum atomic E-state index is 12.6. The fraction of sp³-hybridized carbons (Fsp3) is 0.190. The third-order valence-electron chi connectivity index (χ3n) is 4.14. The maximum Gasteiger partial charge on any atom is 0.274 e. The molecule has 0 aliphatic rings. The molecule has 1 amide bonds. The van der Waals surface area contributed by atoms with Crippen molar-refractivity contribution in [1.82, 2.24) is 14.7 Å². The molecule has 138 valence electrons. The van der Waals surface area contributed by atoms with Crippen LogP contribution >= 0.6 is 0 Å². The fourth-order valence-corrected chi connectivity index (χ4v) is 2.59. The SMILES string of the molecule is Cc1ccccc1OCCN(C)C(=O)c1ccc(=O)n(-c2ccccc2)n1. The molecule has 0 saturated heterocycles. The second-order valence-electron chi connectivity index (χ2n) is 6.14. The molecule has 1 heterocycles. The first-order valence-corrected chi connectivity index (χ1v) is 8.66. The topological polar surface area (TPSA) is 64.4 Å². The highest BCUT2D eigenvalue weighted by molar-refractivity contribution is 5.91. The van der Waals surface area contributed by atoms with E-state index in [1.165, 1.54) is 21.7 Å². The summed E-state index contributed by atoms with van der Waals surface area (Å²) in [6.45, 7) is 2.74. The molecule has 1 aromatic heterocycles. The van der Waals surface area contributed by atoms with Gasteiger partial charge in [-0.1, -0.05) is 36.4 Å². The van der Waals surface area contributed by atoms with Gasteiger partial charge in [-0.05, 0) is 36.8 Å². The molecule has 0 saturated carbocycles. The molecular weight excluding hydrogens is 342 g/mol. The monoisotopic (exact) mass is 363 g/mol. The molecule has 3 aromatic rings. The van der Waals surface area contributed by atoms with Gasteiger partial charge in [0, 0.05) is 13.1 Å². The highest BCUT2D eigenvalue weighted by Crippen LogP contribution is 2.15. The van der Waals surface area contributed by atoms with Crippen molar-refractivity contribution < 1.29 is 9.53 Å². The van der Waals surface area contributed by atoms with Gasteiger partial charge in [-0.2, -0.15) is 9.78 Å². The summed E-state index contributed by atoms with van der Waals surface area (Å²) in [7, 11) is 1.68. The molecule has 0 N–H and O–H groups in total. The van der Waals surface area contributed by atoms with E-state index < -0.39 is 0 Å². The van der Waals surface area contributed by atoms with E-state index in [-0.39, 0.29) is 17.2 Å². The molecule has 0 radical (unpaired) electrons. The number of amides is 1. The molecular formula is C21H21N3O3.